The van der Waals surface area contributed by atoms with Gasteiger partial charge in [-0.1, -0.05) is 54.6 Å². The van der Waals surface area contributed by atoms with Gasteiger partial charge in [-0.2, -0.15) is 0 Å². The first-order valence-corrected chi connectivity index (χ1v) is 7.39. The van der Waals surface area contributed by atoms with Crippen LogP contribution in [0.1, 0.15) is 20.7 Å². The van der Waals surface area contributed by atoms with E-state index in [0.29, 0.717) is 22.3 Å². The number of carbonyl (C=O) groups excluding carboxylic acids is 2. The number of halogens is 1. The molecule has 1 N–H and O–H groups in total. The molecule has 0 spiro atoms. The number of nitrogens with one attached hydrogen (secondary N) is 1. The summed E-state index contributed by atoms with van der Waals surface area (Å²) in [4.78, 5) is 22.9. The molecule has 3 rings (SSSR count). The predicted molar refractivity (Wildman–Crippen MR) is 91.6 cm³/mol. The highest BCUT2D eigenvalue weighted by atomic mass is 19.1. The summed E-state index contributed by atoms with van der Waals surface area (Å²) in [5.41, 5.74) is 2.08. The molecular formula is C20H14FNO2. The molecule has 0 atom stereocenters. The third-order valence-corrected chi connectivity index (χ3v) is 3.64. The van der Waals surface area contributed by atoms with Crippen LogP contribution in [0.4, 0.5) is 10.1 Å². The summed E-state index contributed by atoms with van der Waals surface area (Å²) in [7, 11) is 0. The van der Waals surface area contributed by atoms with E-state index in [-0.39, 0.29) is 11.6 Å². The second-order valence-corrected chi connectivity index (χ2v) is 5.23. The number of carbonyl (C=O) groups is 2. The Hall–Kier alpha value is -3.27. The Bertz CT molecular complexity index is 874. The molecule has 0 saturated carbocycles. The molecule has 0 aromatic heterocycles. The van der Waals surface area contributed by atoms with Crippen molar-refractivity contribution in [3.63, 3.8) is 0 Å². The van der Waals surface area contributed by atoms with E-state index in [1.165, 1.54) is 6.07 Å². The fraction of sp³-hybridized carbons (Fsp3) is 0. The van der Waals surface area contributed by atoms with Crippen LogP contribution < -0.4 is 5.32 Å². The highest BCUT2D eigenvalue weighted by Crippen LogP contribution is 2.28. The van der Waals surface area contributed by atoms with Crippen LogP contribution in [0, 0.1) is 5.82 Å². The van der Waals surface area contributed by atoms with Crippen molar-refractivity contribution in [1.82, 2.24) is 0 Å². The lowest BCUT2D eigenvalue weighted by Gasteiger charge is -2.10. The highest BCUT2D eigenvalue weighted by molar-refractivity contribution is 6.04. The molecular weight excluding hydrogens is 305 g/mol. The average molecular weight is 319 g/mol. The van der Waals surface area contributed by atoms with E-state index in [2.05, 4.69) is 5.32 Å². The zero-order chi connectivity index (χ0) is 16.9. The van der Waals surface area contributed by atoms with E-state index in [0.717, 1.165) is 6.29 Å². The molecule has 0 aliphatic heterocycles. The molecule has 24 heavy (non-hydrogen) atoms. The second kappa shape index (κ2) is 6.87. The third-order valence-electron chi connectivity index (χ3n) is 3.64. The molecule has 0 heterocycles. The summed E-state index contributed by atoms with van der Waals surface area (Å²) in [6.45, 7) is 0. The first-order valence-electron chi connectivity index (χ1n) is 7.39. The molecule has 0 bridgehead atoms. The Morgan fingerprint density at radius 2 is 1.58 bits per heavy atom. The van der Waals surface area contributed by atoms with Gasteiger partial charge in [0, 0.05) is 16.7 Å². The van der Waals surface area contributed by atoms with Gasteiger partial charge in [0.05, 0.1) is 5.69 Å². The summed E-state index contributed by atoms with van der Waals surface area (Å²) < 4.78 is 14.7. The van der Waals surface area contributed by atoms with Crippen molar-refractivity contribution in [1.29, 1.82) is 0 Å². The van der Waals surface area contributed by atoms with Crippen LogP contribution in [0.2, 0.25) is 0 Å². The molecule has 0 unspecified atom stereocenters. The van der Waals surface area contributed by atoms with Gasteiger partial charge >= 0.3 is 0 Å². The van der Waals surface area contributed by atoms with Crippen molar-refractivity contribution in [3.8, 4) is 11.1 Å². The minimum absolute atomic E-state index is 0.112. The Balaban J connectivity index is 1.90. The van der Waals surface area contributed by atoms with Crippen molar-refractivity contribution in [2.45, 2.75) is 0 Å². The van der Waals surface area contributed by atoms with Crippen LogP contribution in [-0.2, 0) is 0 Å². The van der Waals surface area contributed by atoms with Crippen molar-refractivity contribution < 1.29 is 14.0 Å². The largest absolute Gasteiger partial charge is 0.319 e. The van der Waals surface area contributed by atoms with Gasteiger partial charge < -0.3 is 5.32 Å². The monoisotopic (exact) mass is 319 g/mol. The van der Waals surface area contributed by atoms with Crippen molar-refractivity contribution in [2.75, 3.05) is 5.32 Å². The van der Waals surface area contributed by atoms with Gasteiger partial charge in [-0.15, -0.1) is 0 Å². The van der Waals surface area contributed by atoms with Crippen LogP contribution in [0.25, 0.3) is 11.1 Å². The molecule has 3 aromatic carbocycles. The van der Waals surface area contributed by atoms with Crippen molar-refractivity contribution in [3.05, 3.63) is 89.7 Å². The zero-order valence-electron chi connectivity index (χ0n) is 12.7. The topological polar surface area (TPSA) is 46.2 Å². The molecule has 0 aliphatic rings. The number of aldehydes is 1. The first kappa shape index (κ1) is 15.6. The first-order chi connectivity index (χ1) is 11.7. The Morgan fingerprint density at radius 1 is 0.875 bits per heavy atom. The molecule has 118 valence electrons. The molecule has 0 radical (unpaired) electrons. The van der Waals surface area contributed by atoms with Crippen molar-refractivity contribution in [2.24, 2.45) is 0 Å². The fourth-order valence-electron chi connectivity index (χ4n) is 2.38. The van der Waals surface area contributed by atoms with Gasteiger partial charge in [0.1, 0.15) is 6.29 Å². The Kier molecular flexibility index (Phi) is 4.47. The summed E-state index contributed by atoms with van der Waals surface area (Å²) >= 11 is 0. The number of anilines is 1. The van der Waals surface area contributed by atoms with Crippen LogP contribution in [0.15, 0.2) is 72.8 Å². The quantitative estimate of drug-likeness (QED) is 0.717. The number of rotatable bonds is 4. The van der Waals surface area contributed by atoms with E-state index >= 15 is 0 Å². The predicted octanol–water partition coefficient (Wildman–Crippen LogP) is 4.56. The standard InChI is InChI=1S/C20H14FNO2/c21-19-17(15-11-9-14(13-23)10-12-15)7-4-8-18(19)22-20(24)16-5-2-1-3-6-16/h1-13H,(H,22,24). The van der Waals surface area contributed by atoms with Gasteiger partial charge in [0.2, 0.25) is 0 Å². The molecule has 3 aromatic rings. The normalized spacial score (nSPS) is 10.2. The van der Waals surface area contributed by atoms with Crippen LogP contribution in [0.3, 0.4) is 0 Å². The number of amides is 1. The molecule has 1 amide bonds. The number of hydrogen-bond donors (Lipinski definition) is 1. The SMILES string of the molecule is O=Cc1ccc(-c2cccc(NC(=O)c3ccccc3)c2F)cc1. The third kappa shape index (κ3) is 3.22. The minimum atomic E-state index is -0.513. The smallest absolute Gasteiger partial charge is 0.255 e. The minimum Gasteiger partial charge on any atom is -0.319 e. The Morgan fingerprint density at radius 3 is 2.25 bits per heavy atom. The summed E-state index contributed by atoms with van der Waals surface area (Å²) in [5, 5.41) is 2.59. The van der Waals surface area contributed by atoms with Crippen molar-refractivity contribution >= 4 is 17.9 Å². The lowest BCUT2D eigenvalue weighted by molar-refractivity contribution is 0.102. The van der Waals surface area contributed by atoms with E-state index in [1.54, 1.807) is 66.7 Å². The summed E-state index contributed by atoms with van der Waals surface area (Å²) in [5.74, 6) is -0.886. The van der Waals surface area contributed by atoms with E-state index in [9.17, 15) is 14.0 Å². The Labute approximate surface area is 138 Å². The summed E-state index contributed by atoms with van der Waals surface area (Å²) in [6, 6.07) is 20.0. The number of benzene rings is 3. The maximum Gasteiger partial charge on any atom is 0.255 e. The average Bonchev–Trinajstić information content (AvgIpc) is 2.64. The van der Waals surface area contributed by atoms with Gasteiger partial charge in [-0.05, 0) is 23.8 Å². The molecule has 0 saturated heterocycles. The molecule has 3 nitrogen and oxygen atoms in total. The second-order valence-electron chi connectivity index (χ2n) is 5.23. The van der Waals surface area contributed by atoms with Gasteiger partial charge in [0.15, 0.2) is 5.82 Å². The van der Waals surface area contributed by atoms with Gasteiger partial charge in [-0.25, -0.2) is 4.39 Å². The van der Waals surface area contributed by atoms with Gasteiger partial charge in [-0.3, -0.25) is 9.59 Å². The van der Waals surface area contributed by atoms with E-state index in [4.69, 9.17) is 0 Å². The van der Waals surface area contributed by atoms with E-state index in [1.807, 2.05) is 0 Å². The zero-order valence-corrected chi connectivity index (χ0v) is 12.7. The van der Waals surface area contributed by atoms with Crippen LogP contribution in [-0.4, -0.2) is 12.2 Å². The number of hydrogen-bond acceptors (Lipinski definition) is 2. The van der Waals surface area contributed by atoms with Crippen LogP contribution >= 0.6 is 0 Å². The maximum atomic E-state index is 14.7. The molecule has 0 aliphatic carbocycles. The summed E-state index contributed by atoms with van der Waals surface area (Å²) in [6.07, 6.45) is 0.733. The molecule has 4 heteroatoms. The highest BCUT2D eigenvalue weighted by Gasteiger charge is 2.13. The fourth-order valence-corrected chi connectivity index (χ4v) is 2.38. The maximum absolute atomic E-state index is 14.7. The molecule has 0 fully saturated rings. The van der Waals surface area contributed by atoms with Gasteiger partial charge in [0.25, 0.3) is 5.91 Å². The lowest BCUT2D eigenvalue weighted by atomic mass is 10.0. The lowest BCUT2D eigenvalue weighted by Crippen LogP contribution is -2.13. The van der Waals surface area contributed by atoms with E-state index < -0.39 is 5.82 Å². The van der Waals surface area contributed by atoms with Crippen LogP contribution in [0.5, 0.6) is 0 Å².